The van der Waals surface area contributed by atoms with Crippen LogP contribution in [-0.2, 0) is 4.79 Å². The Morgan fingerprint density at radius 2 is 2.33 bits per heavy atom. The molecule has 0 radical (unpaired) electrons. The van der Waals surface area contributed by atoms with Gasteiger partial charge in [0.15, 0.2) is 0 Å². The van der Waals surface area contributed by atoms with Crippen molar-refractivity contribution in [2.75, 3.05) is 46.3 Å². The molecule has 0 aromatic carbocycles. The number of rotatable bonds is 3. The van der Waals surface area contributed by atoms with Crippen LogP contribution < -0.4 is 5.32 Å². The van der Waals surface area contributed by atoms with Crippen molar-refractivity contribution in [3.8, 4) is 0 Å². The maximum absolute atomic E-state index is 11.5. The van der Waals surface area contributed by atoms with Gasteiger partial charge in [-0.3, -0.25) is 9.69 Å². The van der Waals surface area contributed by atoms with Crippen LogP contribution in [0.5, 0.6) is 0 Å². The number of nitrogens with one attached hydrogen (secondary N) is 1. The fraction of sp³-hybridized carbons (Fsp3) is 0.909. The van der Waals surface area contributed by atoms with Gasteiger partial charge in [0.2, 0.25) is 5.91 Å². The zero-order valence-corrected chi connectivity index (χ0v) is 9.54. The van der Waals surface area contributed by atoms with Gasteiger partial charge in [-0.2, -0.15) is 0 Å². The van der Waals surface area contributed by atoms with Gasteiger partial charge in [0.1, 0.15) is 0 Å². The van der Waals surface area contributed by atoms with Crippen molar-refractivity contribution < 1.29 is 4.79 Å². The number of carbonyl (C=O) groups excluding carboxylic acids is 1. The van der Waals surface area contributed by atoms with Crippen LogP contribution >= 0.6 is 0 Å². The Morgan fingerprint density at radius 3 is 3.00 bits per heavy atom. The molecule has 0 aliphatic carbocycles. The molecule has 2 fully saturated rings. The molecule has 1 atom stereocenters. The lowest BCUT2D eigenvalue weighted by Crippen LogP contribution is -2.48. The first-order valence-electron chi connectivity index (χ1n) is 5.93. The first-order chi connectivity index (χ1) is 7.25. The summed E-state index contributed by atoms with van der Waals surface area (Å²) in [7, 11) is 1.89. The molecular formula is C11H21N3O. The van der Waals surface area contributed by atoms with E-state index >= 15 is 0 Å². The molecule has 4 nitrogen and oxygen atoms in total. The van der Waals surface area contributed by atoms with Crippen LogP contribution in [0.15, 0.2) is 0 Å². The Labute approximate surface area is 91.6 Å². The van der Waals surface area contributed by atoms with Crippen molar-refractivity contribution in [1.29, 1.82) is 0 Å². The number of hydrogen-bond donors (Lipinski definition) is 1. The molecule has 0 aromatic rings. The van der Waals surface area contributed by atoms with Gasteiger partial charge in [0.25, 0.3) is 0 Å². The van der Waals surface area contributed by atoms with E-state index < -0.39 is 0 Å². The minimum absolute atomic E-state index is 0.269. The van der Waals surface area contributed by atoms with E-state index in [0.29, 0.717) is 6.54 Å². The van der Waals surface area contributed by atoms with E-state index in [1.54, 1.807) is 0 Å². The Kier molecular flexibility index (Phi) is 3.59. The average Bonchev–Trinajstić information content (AvgIpc) is 2.73. The molecule has 86 valence electrons. The van der Waals surface area contributed by atoms with E-state index in [2.05, 4.69) is 10.2 Å². The predicted molar refractivity (Wildman–Crippen MR) is 59.7 cm³/mol. The highest BCUT2D eigenvalue weighted by Gasteiger charge is 2.22. The summed E-state index contributed by atoms with van der Waals surface area (Å²) in [5, 5.41) is 3.38. The van der Waals surface area contributed by atoms with Gasteiger partial charge in [-0.1, -0.05) is 0 Å². The molecule has 2 rings (SSSR count). The third-order valence-electron chi connectivity index (χ3n) is 3.55. The summed E-state index contributed by atoms with van der Waals surface area (Å²) in [5.74, 6) is 1.10. The van der Waals surface area contributed by atoms with E-state index in [9.17, 15) is 4.79 Å². The summed E-state index contributed by atoms with van der Waals surface area (Å²) in [5.41, 5.74) is 0. The summed E-state index contributed by atoms with van der Waals surface area (Å²) >= 11 is 0. The summed E-state index contributed by atoms with van der Waals surface area (Å²) in [6, 6.07) is 0. The summed E-state index contributed by atoms with van der Waals surface area (Å²) < 4.78 is 0. The molecular weight excluding hydrogens is 190 g/mol. The molecule has 4 heteroatoms. The van der Waals surface area contributed by atoms with Gasteiger partial charge in [-0.25, -0.2) is 0 Å². The van der Waals surface area contributed by atoms with Crippen LogP contribution in [0.3, 0.4) is 0 Å². The lowest BCUT2D eigenvalue weighted by molar-refractivity contribution is -0.134. The average molecular weight is 211 g/mol. The molecule has 0 saturated carbocycles. The molecule has 2 saturated heterocycles. The Bertz CT molecular complexity index is 226. The number of likely N-dealkylation sites (N-methyl/N-ethyl adjacent to an activating group) is 1. The van der Waals surface area contributed by atoms with Crippen molar-refractivity contribution in [1.82, 2.24) is 15.1 Å². The minimum atomic E-state index is 0.269. The number of piperazine rings is 1. The van der Waals surface area contributed by atoms with Crippen LogP contribution in [0.4, 0.5) is 0 Å². The highest BCUT2D eigenvalue weighted by Crippen LogP contribution is 2.13. The van der Waals surface area contributed by atoms with Crippen LogP contribution in [-0.4, -0.2) is 62.0 Å². The van der Waals surface area contributed by atoms with Gasteiger partial charge in [0.05, 0.1) is 6.54 Å². The van der Waals surface area contributed by atoms with Gasteiger partial charge < -0.3 is 10.2 Å². The maximum atomic E-state index is 11.5. The van der Waals surface area contributed by atoms with Crippen LogP contribution in [0, 0.1) is 5.92 Å². The first-order valence-corrected chi connectivity index (χ1v) is 5.93. The fourth-order valence-corrected chi connectivity index (χ4v) is 2.32. The molecule has 2 aliphatic heterocycles. The van der Waals surface area contributed by atoms with Gasteiger partial charge in [-0.05, 0) is 38.4 Å². The summed E-state index contributed by atoms with van der Waals surface area (Å²) in [6.07, 6.45) is 2.55. The first kappa shape index (κ1) is 10.9. The van der Waals surface area contributed by atoms with E-state index in [1.165, 1.54) is 25.9 Å². The van der Waals surface area contributed by atoms with E-state index in [0.717, 1.165) is 25.6 Å². The monoisotopic (exact) mass is 211 g/mol. The third kappa shape index (κ3) is 2.92. The van der Waals surface area contributed by atoms with E-state index in [1.807, 2.05) is 11.9 Å². The van der Waals surface area contributed by atoms with Crippen molar-refractivity contribution in [2.45, 2.75) is 12.8 Å². The van der Waals surface area contributed by atoms with Crippen LogP contribution in [0.25, 0.3) is 0 Å². The summed E-state index contributed by atoms with van der Waals surface area (Å²) in [6.45, 7) is 5.99. The number of hydrogen-bond acceptors (Lipinski definition) is 3. The Balaban J connectivity index is 1.68. The molecule has 0 aromatic heterocycles. The van der Waals surface area contributed by atoms with E-state index in [4.69, 9.17) is 0 Å². The zero-order valence-electron chi connectivity index (χ0n) is 9.54. The van der Waals surface area contributed by atoms with Gasteiger partial charge in [-0.15, -0.1) is 0 Å². The lowest BCUT2D eigenvalue weighted by Gasteiger charge is -2.32. The molecule has 1 amide bonds. The number of nitrogens with zero attached hydrogens (tertiary/aromatic N) is 2. The third-order valence-corrected chi connectivity index (χ3v) is 3.55. The number of amides is 1. The van der Waals surface area contributed by atoms with Crippen molar-refractivity contribution >= 4 is 5.91 Å². The van der Waals surface area contributed by atoms with Crippen LogP contribution in [0.1, 0.15) is 12.8 Å². The topological polar surface area (TPSA) is 35.6 Å². The van der Waals surface area contributed by atoms with Gasteiger partial charge >= 0.3 is 0 Å². The normalized spacial score (nSPS) is 28.7. The zero-order chi connectivity index (χ0) is 10.7. The second-order valence-corrected chi connectivity index (χ2v) is 4.74. The van der Waals surface area contributed by atoms with Gasteiger partial charge in [0, 0.05) is 20.1 Å². The molecule has 2 aliphatic rings. The number of carbonyl (C=O) groups is 1. The molecule has 1 N–H and O–H groups in total. The highest BCUT2D eigenvalue weighted by atomic mass is 16.2. The molecule has 0 spiro atoms. The SMILES string of the molecule is CN1CCN(CCC2CCNC2)CC1=O. The van der Waals surface area contributed by atoms with E-state index in [-0.39, 0.29) is 5.91 Å². The van der Waals surface area contributed by atoms with Crippen molar-refractivity contribution in [3.05, 3.63) is 0 Å². The van der Waals surface area contributed by atoms with Crippen molar-refractivity contribution in [2.24, 2.45) is 5.92 Å². The Hall–Kier alpha value is -0.610. The minimum Gasteiger partial charge on any atom is -0.343 e. The smallest absolute Gasteiger partial charge is 0.236 e. The van der Waals surface area contributed by atoms with Crippen LogP contribution in [0.2, 0.25) is 0 Å². The quantitative estimate of drug-likeness (QED) is 0.700. The lowest BCUT2D eigenvalue weighted by atomic mass is 10.0. The molecule has 15 heavy (non-hydrogen) atoms. The largest absolute Gasteiger partial charge is 0.343 e. The standard InChI is InChI=1S/C11H21N3O/c1-13-6-7-14(9-11(13)15)5-3-10-2-4-12-8-10/h10,12H,2-9H2,1H3. The molecule has 1 unspecified atom stereocenters. The summed E-state index contributed by atoms with van der Waals surface area (Å²) in [4.78, 5) is 15.6. The fourth-order valence-electron chi connectivity index (χ4n) is 2.32. The second kappa shape index (κ2) is 4.94. The second-order valence-electron chi connectivity index (χ2n) is 4.74. The predicted octanol–water partition coefficient (Wildman–Crippen LogP) is -0.240. The van der Waals surface area contributed by atoms with Crippen molar-refractivity contribution in [3.63, 3.8) is 0 Å². The Morgan fingerprint density at radius 1 is 1.47 bits per heavy atom. The maximum Gasteiger partial charge on any atom is 0.236 e. The molecule has 2 heterocycles. The highest BCUT2D eigenvalue weighted by molar-refractivity contribution is 5.78. The molecule has 0 bridgehead atoms.